The molecule has 0 atom stereocenters. The minimum absolute atomic E-state index is 0.0382. The molecule has 0 bridgehead atoms. The molecule has 1 saturated heterocycles. The van der Waals surface area contributed by atoms with Crippen LogP contribution in [0.5, 0.6) is 0 Å². The lowest BCUT2D eigenvalue weighted by atomic mass is 10.0. The third-order valence-electron chi connectivity index (χ3n) is 3.77. The van der Waals surface area contributed by atoms with E-state index in [9.17, 15) is 4.79 Å². The zero-order chi connectivity index (χ0) is 15.2. The third-order valence-corrected chi connectivity index (χ3v) is 3.77. The van der Waals surface area contributed by atoms with Crippen molar-refractivity contribution >= 4 is 17.7 Å². The van der Waals surface area contributed by atoms with Crippen LogP contribution in [0.2, 0.25) is 0 Å². The Hall–Kier alpha value is -2.56. The van der Waals surface area contributed by atoms with Crippen molar-refractivity contribution < 1.29 is 9.21 Å². The fourth-order valence-electron chi connectivity index (χ4n) is 2.57. The number of nitrogens with zero attached hydrogens (tertiary/aromatic N) is 2. The first kappa shape index (κ1) is 14.4. The Kier molecular flexibility index (Phi) is 4.53. The van der Waals surface area contributed by atoms with Crippen LogP contribution in [-0.2, 0) is 4.79 Å². The van der Waals surface area contributed by atoms with Gasteiger partial charge in [0, 0.05) is 37.6 Å². The molecule has 0 unspecified atom stereocenters. The summed E-state index contributed by atoms with van der Waals surface area (Å²) in [4.78, 5) is 18.1. The van der Waals surface area contributed by atoms with Gasteiger partial charge in [-0.15, -0.1) is 0 Å². The first-order valence-corrected chi connectivity index (χ1v) is 7.48. The summed E-state index contributed by atoms with van der Waals surface area (Å²) in [5, 5.41) is 3.46. The minimum Gasteiger partial charge on any atom is -0.465 e. The fraction of sp³-hybridized carbons (Fsp3) is 0.294. The summed E-state index contributed by atoms with van der Waals surface area (Å²) in [5.74, 6) is 0.734. The highest BCUT2D eigenvalue weighted by Crippen LogP contribution is 2.16. The zero-order valence-electron chi connectivity index (χ0n) is 12.3. The summed E-state index contributed by atoms with van der Waals surface area (Å²) < 4.78 is 5.18. The Morgan fingerprint density at radius 1 is 1.32 bits per heavy atom. The van der Waals surface area contributed by atoms with Gasteiger partial charge in [0.15, 0.2) is 0 Å². The summed E-state index contributed by atoms with van der Waals surface area (Å²) in [5.41, 5.74) is 1.03. The lowest BCUT2D eigenvalue weighted by molar-refractivity contribution is -0.126. The van der Waals surface area contributed by atoms with Gasteiger partial charge in [0.2, 0.25) is 5.91 Å². The van der Waals surface area contributed by atoms with E-state index >= 15 is 0 Å². The molecule has 0 radical (unpaired) electrons. The Bertz CT molecular complexity index is 615. The van der Waals surface area contributed by atoms with Gasteiger partial charge < -0.3 is 14.6 Å². The zero-order valence-corrected chi connectivity index (χ0v) is 12.3. The molecule has 0 saturated carbocycles. The van der Waals surface area contributed by atoms with Crippen molar-refractivity contribution in [2.45, 2.75) is 18.9 Å². The van der Waals surface area contributed by atoms with E-state index in [1.54, 1.807) is 30.7 Å². The van der Waals surface area contributed by atoms with Gasteiger partial charge in [-0.1, -0.05) is 0 Å². The van der Waals surface area contributed by atoms with Gasteiger partial charge in [-0.25, -0.2) is 0 Å². The van der Waals surface area contributed by atoms with E-state index in [1.807, 2.05) is 29.3 Å². The number of carbonyl (C=O) groups is 1. The number of amides is 1. The SMILES string of the molecule is O=C(/C=C\c1ccco1)N1CCC(Nc2cccnc2)CC1. The quantitative estimate of drug-likeness (QED) is 0.882. The summed E-state index contributed by atoms with van der Waals surface area (Å²) in [6.45, 7) is 1.53. The van der Waals surface area contributed by atoms with Crippen LogP contribution in [0.1, 0.15) is 18.6 Å². The van der Waals surface area contributed by atoms with Gasteiger partial charge in [-0.2, -0.15) is 0 Å². The van der Waals surface area contributed by atoms with Crippen molar-refractivity contribution in [3.05, 3.63) is 54.8 Å². The highest BCUT2D eigenvalue weighted by Gasteiger charge is 2.21. The molecule has 1 fully saturated rings. The molecule has 114 valence electrons. The van der Waals surface area contributed by atoms with Crippen LogP contribution in [0.3, 0.4) is 0 Å². The average molecular weight is 297 g/mol. The van der Waals surface area contributed by atoms with Crippen molar-refractivity contribution in [3.63, 3.8) is 0 Å². The first-order valence-electron chi connectivity index (χ1n) is 7.48. The Balaban J connectivity index is 1.48. The molecule has 0 aromatic carbocycles. The van der Waals surface area contributed by atoms with E-state index in [2.05, 4.69) is 10.3 Å². The van der Waals surface area contributed by atoms with Crippen LogP contribution in [0.15, 0.2) is 53.4 Å². The summed E-state index contributed by atoms with van der Waals surface area (Å²) in [6, 6.07) is 7.95. The molecule has 1 N–H and O–H groups in total. The second-order valence-electron chi connectivity index (χ2n) is 5.33. The van der Waals surface area contributed by atoms with Gasteiger partial charge in [0.05, 0.1) is 12.0 Å². The fourth-order valence-corrected chi connectivity index (χ4v) is 2.57. The van der Waals surface area contributed by atoms with E-state index < -0.39 is 0 Å². The van der Waals surface area contributed by atoms with Crippen molar-refractivity contribution in [1.29, 1.82) is 0 Å². The molecule has 5 nitrogen and oxygen atoms in total. The second kappa shape index (κ2) is 6.93. The number of piperidine rings is 1. The van der Waals surface area contributed by atoms with Gasteiger partial charge in [0.25, 0.3) is 0 Å². The van der Waals surface area contributed by atoms with Crippen LogP contribution < -0.4 is 5.32 Å². The topological polar surface area (TPSA) is 58.4 Å². The van der Waals surface area contributed by atoms with Crippen LogP contribution in [0, 0.1) is 0 Å². The molecule has 2 aromatic heterocycles. The number of aromatic nitrogens is 1. The normalized spacial score (nSPS) is 16.1. The van der Waals surface area contributed by atoms with Crippen LogP contribution in [0.25, 0.3) is 6.08 Å². The number of likely N-dealkylation sites (tertiary alicyclic amines) is 1. The van der Waals surface area contributed by atoms with Crippen LogP contribution >= 0.6 is 0 Å². The maximum atomic E-state index is 12.1. The van der Waals surface area contributed by atoms with E-state index in [-0.39, 0.29) is 5.91 Å². The smallest absolute Gasteiger partial charge is 0.246 e. The van der Waals surface area contributed by atoms with Crippen LogP contribution in [-0.4, -0.2) is 34.9 Å². The standard InChI is InChI=1S/C17H19N3O2/c21-17(6-5-16-4-2-12-22-16)20-10-7-14(8-11-20)19-15-3-1-9-18-13-15/h1-6,9,12-14,19H,7-8,10-11H2/b6-5-. The van der Waals surface area contributed by atoms with E-state index in [0.29, 0.717) is 11.8 Å². The molecule has 1 amide bonds. The number of anilines is 1. The van der Waals surface area contributed by atoms with Crippen molar-refractivity contribution in [1.82, 2.24) is 9.88 Å². The Labute approximate surface area is 129 Å². The molecule has 22 heavy (non-hydrogen) atoms. The van der Waals surface area contributed by atoms with Gasteiger partial charge in [-0.05, 0) is 43.2 Å². The maximum Gasteiger partial charge on any atom is 0.246 e. The molecule has 0 aliphatic carbocycles. The Morgan fingerprint density at radius 2 is 2.18 bits per heavy atom. The van der Waals surface area contributed by atoms with Gasteiger partial charge in [0.1, 0.15) is 5.76 Å². The Morgan fingerprint density at radius 3 is 2.86 bits per heavy atom. The second-order valence-corrected chi connectivity index (χ2v) is 5.33. The van der Waals surface area contributed by atoms with E-state index in [4.69, 9.17) is 4.42 Å². The number of hydrogen-bond acceptors (Lipinski definition) is 4. The number of hydrogen-bond donors (Lipinski definition) is 1. The summed E-state index contributed by atoms with van der Waals surface area (Å²) >= 11 is 0. The molecule has 5 heteroatoms. The number of rotatable bonds is 4. The van der Waals surface area contributed by atoms with Crippen molar-refractivity contribution in [2.24, 2.45) is 0 Å². The maximum absolute atomic E-state index is 12.1. The first-order chi connectivity index (χ1) is 10.8. The number of furan rings is 1. The third kappa shape index (κ3) is 3.75. The average Bonchev–Trinajstić information content (AvgIpc) is 3.08. The molecular formula is C17H19N3O2. The number of pyridine rings is 1. The summed E-state index contributed by atoms with van der Waals surface area (Å²) in [6.07, 6.45) is 10.3. The lowest BCUT2D eigenvalue weighted by Crippen LogP contribution is -2.41. The molecule has 3 rings (SSSR count). The molecular weight excluding hydrogens is 278 g/mol. The number of nitrogens with one attached hydrogen (secondary N) is 1. The predicted molar refractivity (Wildman–Crippen MR) is 85.2 cm³/mol. The van der Waals surface area contributed by atoms with E-state index in [1.165, 1.54) is 0 Å². The molecule has 1 aliphatic rings. The summed E-state index contributed by atoms with van der Waals surface area (Å²) in [7, 11) is 0. The highest BCUT2D eigenvalue weighted by molar-refractivity contribution is 5.91. The van der Waals surface area contributed by atoms with E-state index in [0.717, 1.165) is 31.6 Å². The van der Waals surface area contributed by atoms with Gasteiger partial charge in [-0.3, -0.25) is 9.78 Å². The predicted octanol–water partition coefficient (Wildman–Crippen LogP) is 2.79. The molecule has 3 heterocycles. The number of carbonyl (C=O) groups excluding carboxylic acids is 1. The van der Waals surface area contributed by atoms with Gasteiger partial charge >= 0.3 is 0 Å². The van der Waals surface area contributed by atoms with Crippen molar-refractivity contribution in [2.75, 3.05) is 18.4 Å². The van der Waals surface area contributed by atoms with Crippen molar-refractivity contribution in [3.8, 4) is 0 Å². The monoisotopic (exact) mass is 297 g/mol. The largest absolute Gasteiger partial charge is 0.465 e. The molecule has 0 spiro atoms. The minimum atomic E-state index is 0.0382. The lowest BCUT2D eigenvalue weighted by Gasteiger charge is -2.32. The molecule has 2 aromatic rings. The highest BCUT2D eigenvalue weighted by atomic mass is 16.3. The van der Waals surface area contributed by atoms with Crippen LogP contribution in [0.4, 0.5) is 5.69 Å². The molecule has 1 aliphatic heterocycles.